The average Bonchev–Trinajstić information content (AvgIpc) is 3.18. The van der Waals surface area contributed by atoms with Crippen molar-refractivity contribution >= 4 is 33.3 Å². The molecular weight excluding hydrogens is 396 g/mol. The van der Waals surface area contributed by atoms with Crippen LogP contribution in [0.3, 0.4) is 0 Å². The molecule has 0 spiro atoms. The normalized spacial score (nSPS) is 11.6. The fourth-order valence-corrected chi connectivity index (χ4v) is 2.79. The number of nitrogens with one attached hydrogen (secondary N) is 2. The largest absolute Gasteiger partial charge is 0.459 e. The Labute approximate surface area is 159 Å². The van der Waals surface area contributed by atoms with Crippen molar-refractivity contribution in [3.05, 3.63) is 88.3 Å². The van der Waals surface area contributed by atoms with Gasteiger partial charge in [0.2, 0.25) is 5.78 Å². The number of amides is 1. The second-order valence-corrected chi connectivity index (χ2v) is 6.59. The van der Waals surface area contributed by atoms with Gasteiger partial charge in [0.25, 0.3) is 5.91 Å². The number of rotatable bonds is 6. The third-order valence-corrected chi connectivity index (χ3v) is 4.48. The molecule has 0 aliphatic carbocycles. The van der Waals surface area contributed by atoms with E-state index in [0.717, 1.165) is 10.0 Å². The van der Waals surface area contributed by atoms with E-state index < -0.39 is 12.1 Å². The summed E-state index contributed by atoms with van der Waals surface area (Å²) in [6.07, 6.45) is 0.460. The van der Waals surface area contributed by atoms with Crippen molar-refractivity contribution in [3.8, 4) is 0 Å². The SMILES string of the molecule is Cc1ccc(C(=O)C(NC(=O)c2ccco2)Nc2ccccc2Br)cc1. The number of carbonyl (C=O) groups excluding carboxylic acids is 2. The monoisotopic (exact) mass is 412 g/mol. The van der Waals surface area contributed by atoms with Crippen LogP contribution in [-0.2, 0) is 0 Å². The van der Waals surface area contributed by atoms with E-state index in [1.807, 2.05) is 43.3 Å². The van der Waals surface area contributed by atoms with E-state index in [4.69, 9.17) is 4.42 Å². The number of halogens is 1. The highest BCUT2D eigenvalue weighted by atomic mass is 79.9. The Morgan fingerprint density at radius 1 is 1.00 bits per heavy atom. The molecule has 1 atom stereocenters. The van der Waals surface area contributed by atoms with Crippen LogP contribution in [0.15, 0.2) is 75.8 Å². The maximum Gasteiger partial charge on any atom is 0.288 e. The molecule has 1 heterocycles. The van der Waals surface area contributed by atoms with Gasteiger partial charge in [0.05, 0.1) is 12.0 Å². The summed E-state index contributed by atoms with van der Waals surface area (Å²) in [5, 5.41) is 5.78. The molecule has 3 aromatic rings. The third kappa shape index (κ3) is 4.21. The molecule has 1 aromatic heterocycles. The maximum absolute atomic E-state index is 13.0. The van der Waals surface area contributed by atoms with Crippen LogP contribution in [0.1, 0.15) is 26.5 Å². The lowest BCUT2D eigenvalue weighted by Gasteiger charge is -2.20. The number of benzene rings is 2. The van der Waals surface area contributed by atoms with Crippen LogP contribution in [0.2, 0.25) is 0 Å². The molecule has 0 aliphatic heterocycles. The highest BCUT2D eigenvalue weighted by Gasteiger charge is 2.24. The summed E-state index contributed by atoms with van der Waals surface area (Å²) < 4.78 is 5.90. The zero-order chi connectivity index (χ0) is 18.5. The number of carbonyl (C=O) groups is 2. The van der Waals surface area contributed by atoms with E-state index in [0.29, 0.717) is 11.3 Å². The predicted octanol–water partition coefficient (Wildman–Crippen LogP) is 4.40. The van der Waals surface area contributed by atoms with Crippen LogP contribution in [0.25, 0.3) is 0 Å². The zero-order valence-corrected chi connectivity index (χ0v) is 15.6. The van der Waals surface area contributed by atoms with Crippen molar-refractivity contribution in [1.82, 2.24) is 5.32 Å². The van der Waals surface area contributed by atoms with Gasteiger partial charge in [-0.05, 0) is 47.1 Å². The van der Waals surface area contributed by atoms with Crippen LogP contribution >= 0.6 is 15.9 Å². The summed E-state index contributed by atoms with van der Waals surface area (Å²) in [6.45, 7) is 1.95. The summed E-state index contributed by atoms with van der Waals surface area (Å²) in [5.41, 5.74) is 2.24. The third-order valence-electron chi connectivity index (χ3n) is 3.79. The number of ketones is 1. The Hall–Kier alpha value is -2.86. The predicted molar refractivity (Wildman–Crippen MR) is 103 cm³/mol. The minimum atomic E-state index is -0.950. The molecule has 6 heteroatoms. The Bertz CT molecular complexity index is 905. The van der Waals surface area contributed by atoms with Crippen molar-refractivity contribution in [2.45, 2.75) is 13.1 Å². The van der Waals surface area contributed by atoms with Gasteiger partial charge in [0.15, 0.2) is 11.9 Å². The van der Waals surface area contributed by atoms with Crippen molar-refractivity contribution in [3.63, 3.8) is 0 Å². The number of hydrogen-bond acceptors (Lipinski definition) is 4. The first-order valence-corrected chi connectivity index (χ1v) is 8.80. The molecule has 0 fully saturated rings. The van der Waals surface area contributed by atoms with E-state index in [-0.39, 0.29) is 11.5 Å². The first-order valence-electron chi connectivity index (χ1n) is 8.01. The molecule has 132 valence electrons. The highest BCUT2D eigenvalue weighted by Crippen LogP contribution is 2.22. The molecular formula is C20H17BrN2O3. The van der Waals surface area contributed by atoms with Crippen molar-refractivity contribution < 1.29 is 14.0 Å². The topological polar surface area (TPSA) is 71.3 Å². The van der Waals surface area contributed by atoms with Gasteiger partial charge in [-0.3, -0.25) is 9.59 Å². The van der Waals surface area contributed by atoms with Crippen LogP contribution in [-0.4, -0.2) is 17.9 Å². The van der Waals surface area contributed by atoms with Gasteiger partial charge in [-0.1, -0.05) is 42.0 Å². The van der Waals surface area contributed by atoms with Crippen LogP contribution in [0.4, 0.5) is 5.69 Å². The molecule has 0 bridgehead atoms. The number of para-hydroxylation sites is 1. The van der Waals surface area contributed by atoms with Crippen LogP contribution in [0, 0.1) is 6.92 Å². The van der Waals surface area contributed by atoms with Gasteiger partial charge in [0.1, 0.15) is 0 Å². The molecule has 1 amide bonds. The van der Waals surface area contributed by atoms with Crippen LogP contribution < -0.4 is 10.6 Å². The molecule has 2 N–H and O–H groups in total. The van der Waals surface area contributed by atoms with Crippen molar-refractivity contribution in [1.29, 1.82) is 0 Å². The zero-order valence-electron chi connectivity index (χ0n) is 14.0. The first kappa shape index (κ1) is 17.9. The van der Waals surface area contributed by atoms with Gasteiger partial charge in [-0.25, -0.2) is 0 Å². The van der Waals surface area contributed by atoms with Crippen molar-refractivity contribution in [2.24, 2.45) is 0 Å². The molecule has 0 radical (unpaired) electrons. The lowest BCUT2D eigenvalue weighted by molar-refractivity contribution is 0.0852. The van der Waals surface area contributed by atoms with E-state index in [1.54, 1.807) is 24.3 Å². The van der Waals surface area contributed by atoms with E-state index in [9.17, 15) is 9.59 Å². The number of Topliss-reactive ketones (excluding diaryl/α,β-unsaturated/α-hetero) is 1. The molecule has 0 saturated carbocycles. The molecule has 2 aromatic carbocycles. The van der Waals surface area contributed by atoms with Gasteiger partial charge < -0.3 is 15.1 Å². The number of anilines is 1. The second-order valence-electron chi connectivity index (χ2n) is 5.74. The molecule has 5 nitrogen and oxygen atoms in total. The fourth-order valence-electron chi connectivity index (χ4n) is 2.40. The Morgan fingerprint density at radius 2 is 1.73 bits per heavy atom. The molecule has 0 saturated heterocycles. The van der Waals surface area contributed by atoms with Crippen molar-refractivity contribution in [2.75, 3.05) is 5.32 Å². The summed E-state index contributed by atoms with van der Waals surface area (Å²) in [5.74, 6) is -0.582. The Balaban J connectivity index is 1.87. The summed E-state index contributed by atoms with van der Waals surface area (Å²) in [4.78, 5) is 25.3. The highest BCUT2D eigenvalue weighted by molar-refractivity contribution is 9.10. The quantitative estimate of drug-likeness (QED) is 0.464. The van der Waals surface area contributed by atoms with Gasteiger partial charge in [-0.15, -0.1) is 0 Å². The maximum atomic E-state index is 13.0. The number of furan rings is 1. The lowest BCUT2D eigenvalue weighted by atomic mass is 10.1. The Morgan fingerprint density at radius 3 is 2.38 bits per heavy atom. The molecule has 0 aliphatic rings. The van der Waals surface area contributed by atoms with Gasteiger partial charge in [-0.2, -0.15) is 0 Å². The smallest absolute Gasteiger partial charge is 0.288 e. The van der Waals surface area contributed by atoms with Gasteiger partial charge >= 0.3 is 0 Å². The number of hydrogen-bond donors (Lipinski definition) is 2. The molecule has 3 rings (SSSR count). The van der Waals surface area contributed by atoms with E-state index >= 15 is 0 Å². The lowest BCUT2D eigenvalue weighted by Crippen LogP contribution is -2.46. The molecule has 26 heavy (non-hydrogen) atoms. The van der Waals surface area contributed by atoms with Gasteiger partial charge in [0, 0.05) is 10.0 Å². The summed E-state index contributed by atoms with van der Waals surface area (Å²) in [6, 6.07) is 17.7. The minimum Gasteiger partial charge on any atom is -0.459 e. The Kier molecular flexibility index (Phi) is 5.53. The average molecular weight is 413 g/mol. The summed E-state index contributed by atoms with van der Waals surface area (Å²) >= 11 is 3.44. The fraction of sp³-hybridized carbons (Fsp3) is 0.100. The van der Waals surface area contributed by atoms with E-state index in [1.165, 1.54) is 6.26 Å². The standard InChI is InChI=1S/C20H17BrN2O3/c1-13-8-10-14(11-9-13)18(24)19(22-16-6-3-2-5-15(16)21)23-20(25)17-7-4-12-26-17/h2-12,19,22H,1H3,(H,23,25). The molecule has 1 unspecified atom stereocenters. The second kappa shape index (κ2) is 8.01. The minimum absolute atomic E-state index is 0.139. The van der Waals surface area contributed by atoms with Crippen LogP contribution in [0.5, 0.6) is 0 Å². The number of aryl methyl sites for hydroxylation is 1. The first-order chi connectivity index (χ1) is 12.5. The van der Waals surface area contributed by atoms with E-state index in [2.05, 4.69) is 26.6 Å². The summed E-state index contributed by atoms with van der Waals surface area (Å²) in [7, 11) is 0.